The van der Waals surface area contributed by atoms with Crippen LogP contribution in [0.4, 0.5) is 14.6 Å². The van der Waals surface area contributed by atoms with E-state index >= 15 is 0 Å². The molecule has 0 amide bonds. The summed E-state index contributed by atoms with van der Waals surface area (Å²) >= 11 is 0. The lowest BCUT2D eigenvalue weighted by Gasteiger charge is -2.34. The van der Waals surface area contributed by atoms with Gasteiger partial charge in [-0.25, -0.2) is 13.8 Å². The molecule has 2 aromatic carbocycles. The molecule has 4 aromatic rings. The van der Waals surface area contributed by atoms with Gasteiger partial charge in [0.1, 0.15) is 29.1 Å². The number of pyridine rings is 1. The van der Waals surface area contributed by atoms with Gasteiger partial charge in [-0.2, -0.15) is 4.98 Å². The zero-order chi connectivity index (χ0) is 30.0. The SMILES string of the molecule is CCc1c(F)ccc2cc(O)cc(-c3nc4c(N5CC6CCC(C5)N6)nc(OCCC[C@@]56CCCN5C[C@H](F)C6)cc4[nH]3)c12. The van der Waals surface area contributed by atoms with Crippen molar-refractivity contribution in [2.75, 3.05) is 37.7 Å². The molecule has 3 N–H and O–H groups in total. The Labute approximate surface area is 255 Å². The van der Waals surface area contributed by atoms with Crippen LogP contribution in [0.1, 0.15) is 57.4 Å². The number of anilines is 1. The maximum Gasteiger partial charge on any atom is 0.217 e. The number of aromatic nitrogens is 3. The second-order valence-electron chi connectivity index (χ2n) is 13.3. The number of halogens is 2. The van der Waals surface area contributed by atoms with Crippen molar-refractivity contribution in [2.24, 2.45) is 0 Å². The summed E-state index contributed by atoms with van der Waals surface area (Å²) in [5.41, 5.74) is 2.77. The molecule has 6 heterocycles. The minimum atomic E-state index is -0.722. The van der Waals surface area contributed by atoms with Crippen molar-refractivity contribution >= 4 is 27.6 Å². The first-order valence-corrected chi connectivity index (χ1v) is 16.3. The number of rotatable bonds is 8. The molecule has 2 aromatic heterocycles. The van der Waals surface area contributed by atoms with Crippen LogP contribution in [0.5, 0.6) is 11.6 Å². The lowest BCUT2D eigenvalue weighted by molar-refractivity contribution is 0.165. The molecule has 2 unspecified atom stereocenters. The maximum absolute atomic E-state index is 14.9. The van der Waals surface area contributed by atoms with Gasteiger partial charge in [0.2, 0.25) is 5.88 Å². The van der Waals surface area contributed by atoms with Crippen LogP contribution in [-0.2, 0) is 6.42 Å². The van der Waals surface area contributed by atoms with Gasteiger partial charge in [-0.15, -0.1) is 0 Å². The molecule has 10 heteroatoms. The molecule has 2 bridgehead atoms. The van der Waals surface area contributed by atoms with E-state index < -0.39 is 6.17 Å². The van der Waals surface area contributed by atoms with Crippen molar-refractivity contribution in [3.63, 3.8) is 0 Å². The number of imidazole rings is 1. The molecular weight excluding hydrogens is 562 g/mol. The van der Waals surface area contributed by atoms with Gasteiger partial charge < -0.3 is 25.0 Å². The number of aryl methyl sites for hydroxylation is 1. The first-order chi connectivity index (χ1) is 21.4. The average molecular weight is 603 g/mol. The lowest BCUT2D eigenvalue weighted by Crippen LogP contribution is -2.51. The highest BCUT2D eigenvalue weighted by Gasteiger charge is 2.48. The molecule has 44 heavy (non-hydrogen) atoms. The normalized spacial score (nSPS) is 26.7. The molecule has 8 rings (SSSR count). The zero-order valence-electron chi connectivity index (χ0n) is 25.2. The number of aromatic amines is 1. The maximum atomic E-state index is 14.9. The molecule has 8 nitrogen and oxygen atoms in total. The molecule has 232 valence electrons. The van der Waals surface area contributed by atoms with Crippen molar-refractivity contribution in [3.05, 3.63) is 41.7 Å². The highest BCUT2D eigenvalue weighted by Crippen LogP contribution is 2.43. The molecule has 4 atom stereocenters. The third kappa shape index (κ3) is 4.77. The van der Waals surface area contributed by atoms with Gasteiger partial charge in [0.05, 0.1) is 12.1 Å². The number of alkyl halides is 1. The van der Waals surface area contributed by atoms with Crippen LogP contribution in [0.3, 0.4) is 0 Å². The van der Waals surface area contributed by atoms with E-state index in [1.165, 1.54) is 6.07 Å². The molecule has 0 radical (unpaired) electrons. The number of phenols is 1. The largest absolute Gasteiger partial charge is 0.508 e. The number of aromatic hydroxyl groups is 1. The Balaban J connectivity index is 1.14. The Bertz CT molecular complexity index is 1720. The molecule has 4 aliphatic rings. The Morgan fingerprint density at radius 2 is 1.95 bits per heavy atom. The molecule has 0 aliphatic carbocycles. The van der Waals surface area contributed by atoms with Crippen molar-refractivity contribution in [3.8, 4) is 23.0 Å². The van der Waals surface area contributed by atoms with Crippen molar-refractivity contribution in [2.45, 2.75) is 82.1 Å². The van der Waals surface area contributed by atoms with Crippen molar-refractivity contribution in [1.29, 1.82) is 0 Å². The fraction of sp³-hybridized carbons (Fsp3) is 0.529. The van der Waals surface area contributed by atoms with E-state index in [2.05, 4.69) is 20.1 Å². The lowest BCUT2D eigenvalue weighted by atomic mass is 9.88. The first-order valence-electron chi connectivity index (χ1n) is 16.3. The minimum Gasteiger partial charge on any atom is -0.508 e. The third-order valence-corrected chi connectivity index (χ3v) is 10.5. The van der Waals surface area contributed by atoms with E-state index in [0.717, 1.165) is 85.8 Å². The third-order valence-electron chi connectivity index (χ3n) is 10.5. The number of benzene rings is 2. The number of H-pyrrole nitrogens is 1. The van der Waals surface area contributed by atoms with Crippen LogP contribution in [0.25, 0.3) is 33.2 Å². The summed E-state index contributed by atoms with van der Waals surface area (Å²) in [6.07, 6.45) is 6.70. The van der Waals surface area contributed by atoms with Crippen LogP contribution < -0.4 is 15.0 Å². The molecule has 0 spiro atoms. The summed E-state index contributed by atoms with van der Waals surface area (Å²) in [6.45, 7) is 5.69. The molecular formula is C34H40F2N6O2. The van der Waals surface area contributed by atoms with Crippen LogP contribution in [0.2, 0.25) is 0 Å². The molecule has 0 saturated carbocycles. The van der Waals surface area contributed by atoms with Gasteiger partial charge in [0, 0.05) is 48.9 Å². The Kier molecular flexibility index (Phi) is 6.90. The number of hydrogen-bond acceptors (Lipinski definition) is 7. The minimum absolute atomic E-state index is 0.00942. The fourth-order valence-corrected chi connectivity index (χ4v) is 8.59. The molecule has 4 fully saturated rings. The summed E-state index contributed by atoms with van der Waals surface area (Å²) in [5, 5.41) is 15.8. The number of hydrogen-bond donors (Lipinski definition) is 3. The Morgan fingerprint density at radius 3 is 2.77 bits per heavy atom. The summed E-state index contributed by atoms with van der Waals surface area (Å²) in [6, 6.07) is 9.21. The monoisotopic (exact) mass is 602 g/mol. The summed E-state index contributed by atoms with van der Waals surface area (Å²) < 4.78 is 35.5. The van der Waals surface area contributed by atoms with Gasteiger partial charge in [-0.1, -0.05) is 13.0 Å². The Morgan fingerprint density at radius 1 is 1.11 bits per heavy atom. The fourth-order valence-electron chi connectivity index (χ4n) is 8.59. The van der Waals surface area contributed by atoms with Gasteiger partial charge in [-0.05, 0) is 92.4 Å². The van der Waals surface area contributed by atoms with E-state index in [4.69, 9.17) is 14.7 Å². The highest BCUT2D eigenvalue weighted by molar-refractivity contribution is 6.01. The standard InChI is InChI=1S/C34H40F2N6O2/c1-2-25-27(36)8-5-20-13-24(43)14-26(30(20)25)32-38-28-15-29(44-12-4-10-34-9-3-11-42(34)17-21(35)16-34)39-33(31(28)40-32)41-18-22-6-7-23(19-41)37-22/h5,8,13-15,21-23,37,43H,2-4,6-7,9-12,16-19H2,1H3,(H,38,40)/t21-,22?,23?,34-/m1/s1. The first kappa shape index (κ1) is 28.0. The van der Waals surface area contributed by atoms with E-state index in [1.54, 1.807) is 18.2 Å². The molecule has 4 aliphatic heterocycles. The van der Waals surface area contributed by atoms with Gasteiger partial charge in [-0.3, -0.25) is 4.90 Å². The van der Waals surface area contributed by atoms with E-state index in [-0.39, 0.29) is 17.1 Å². The second-order valence-corrected chi connectivity index (χ2v) is 13.3. The number of ether oxygens (including phenoxy) is 1. The van der Waals surface area contributed by atoms with Gasteiger partial charge in [0.15, 0.2) is 5.82 Å². The molecule has 4 saturated heterocycles. The van der Waals surface area contributed by atoms with Crippen LogP contribution >= 0.6 is 0 Å². The van der Waals surface area contributed by atoms with Crippen LogP contribution in [-0.4, -0.2) is 81.5 Å². The van der Waals surface area contributed by atoms with Gasteiger partial charge in [0.25, 0.3) is 0 Å². The van der Waals surface area contributed by atoms with Crippen LogP contribution in [0, 0.1) is 5.82 Å². The highest BCUT2D eigenvalue weighted by atomic mass is 19.1. The summed E-state index contributed by atoms with van der Waals surface area (Å²) in [4.78, 5) is 18.2. The van der Waals surface area contributed by atoms with Gasteiger partial charge >= 0.3 is 0 Å². The number of nitrogens with zero attached hydrogens (tertiary/aromatic N) is 4. The number of phenolic OH excluding ortho intramolecular Hbond substituents is 1. The Hall–Kier alpha value is -3.50. The predicted octanol–water partition coefficient (Wildman–Crippen LogP) is 5.86. The zero-order valence-corrected chi connectivity index (χ0v) is 25.2. The van der Waals surface area contributed by atoms with E-state index in [9.17, 15) is 13.9 Å². The number of nitrogens with one attached hydrogen (secondary N) is 2. The quantitative estimate of drug-likeness (QED) is 0.218. The van der Waals surface area contributed by atoms with E-state index in [1.807, 2.05) is 13.0 Å². The summed E-state index contributed by atoms with van der Waals surface area (Å²) in [7, 11) is 0. The van der Waals surface area contributed by atoms with Crippen molar-refractivity contribution < 1.29 is 18.6 Å². The second kappa shape index (κ2) is 10.8. The van der Waals surface area contributed by atoms with E-state index in [0.29, 0.717) is 60.9 Å². The topological polar surface area (TPSA) is 89.5 Å². The van der Waals surface area contributed by atoms with Crippen molar-refractivity contribution in [1.82, 2.24) is 25.2 Å². The average Bonchev–Trinajstić information content (AvgIpc) is 3.76. The number of fused-ring (bicyclic) bond motifs is 5. The summed E-state index contributed by atoms with van der Waals surface area (Å²) in [5.74, 6) is 1.70. The van der Waals surface area contributed by atoms with Crippen LogP contribution in [0.15, 0.2) is 30.3 Å². The smallest absolute Gasteiger partial charge is 0.217 e. The predicted molar refractivity (Wildman–Crippen MR) is 168 cm³/mol. The number of piperazine rings is 1.